The molecule has 2 aromatic rings. The monoisotopic (exact) mass is 321 g/mol. The van der Waals surface area contributed by atoms with Gasteiger partial charge in [0, 0.05) is 17.0 Å². The first-order valence-electron chi connectivity index (χ1n) is 6.49. The van der Waals surface area contributed by atoms with Crippen molar-refractivity contribution in [3.8, 4) is 11.5 Å². The molecule has 1 aromatic heterocycles. The number of phenols is 2. The third-order valence-corrected chi connectivity index (χ3v) is 3.28. The maximum atomic E-state index is 11.3. The minimum absolute atomic E-state index is 0.0487. The SMILES string of the molecule is CCOC(=O)Cc1csc(NN=Cc2cc(O)cc(O)c2)n1. The van der Waals surface area contributed by atoms with Crippen molar-refractivity contribution in [1.82, 2.24) is 4.98 Å². The molecule has 0 fully saturated rings. The molecule has 2 rings (SSSR count). The summed E-state index contributed by atoms with van der Waals surface area (Å²) in [5, 5.41) is 24.9. The molecule has 0 unspecified atom stereocenters. The topological polar surface area (TPSA) is 104 Å². The van der Waals surface area contributed by atoms with E-state index < -0.39 is 0 Å². The van der Waals surface area contributed by atoms with Gasteiger partial charge in [-0.1, -0.05) is 0 Å². The van der Waals surface area contributed by atoms with Gasteiger partial charge in [-0.25, -0.2) is 4.98 Å². The van der Waals surface area contributed by atoms with Gasteiger partial charge >= 0.3 is 5.97 Å². The molecule has 1 heterocycles. The van der Waals surface area contributed by atoms with Crippen LogP contribution in [-0.2, 0) is 16.0 Å². The number of nitrogens with zero attached hydrogens (tertiary/aromatic N) is 2. The van der Waals surface area contributed by atoms with Crippen molar-refractivity contribution in [3.63, 3.8) is 0 Å². The fourth-order valence-corrected chi connectivity index (χ4v) is 2.31. The molecule has 0 saturated carbocycles. The third kappa shape index (κ3) is 4.74. The Hall–Kier alpha value is -2.61. The van der Waals surface area contributed by atoms with Crippen LogP contribution in [0.3, 0.4) is 0 Å². The number of hydrogen-bond donors (Lipinski definition) is 3. The van der Waals surface area contributed by atoms with E-state index in [0.29, 0.717) is 23.0 Å². The number of carbonyl (C=O) groups excluding carboxylic acids is 1. The van der Waals surface area contributed by atoms with Gasteiger partial charge in [-0.2, -0.15) is 5.10 Å². The summed E-state index contributed by atoms with van der Waals surface area (Å²) in [6.45, 7) is 2.09. The average Bonchev–Trinajstić information content (AvgIpc) is 2.85. The first kappa shape index (κ1) is 15.8. The van der Waals surface area contributed by atoms with Crippen LogP contribution in [0, 0.1) is 0 Å². The van der Waals surface area contributed by atoms with E-state index in [2.05, 4.69) is 15.5 Å². The Morgan fingerprint density at radius 2 is 2.14 bits per heavy atom. The zero-order chi connectivity index (χ0) is 15.9. The van der Waals surface area contributed by atoms with E-state index in [-0.39, 0.29) is 23.9 Å². The second-order valence-electron chi connectivity index (χ2n) is 4.28. The van der Waals surface area contributed by atoms with E-state index in [1.165, 1.54) is 35.8 Å². The Kier molecular flexibility index (Phi) is 5.31. The van der Waals surface area contributed by atoms with E-state index in [0.717, 1.165) is 0 Å². The van der Waals surface area contributed by atoms with Crippen LogP contribution >= 0.6 is 11.3 Å². The molecule has 0 aliphatic heterocycles. The molecular weight excluding hydrogens is 306 g/mol. The second kappa shape index (κ2) is 7.41. The number of ether oxygens (including phenoxy) is 1. The van der Waals surface area contributed by atoms with Crippen LogP contribution in [0.2, 0.25) is 0 Å². The molecule has 0 saturated heterocycles. The van der Waals surface area contributed by atoms with Crippen LogP contribution in [0.5, 0.6) is 11.5 Å². The highest BCUT2D eigenvalue weighted by atomic mass is 32.1. The first-order valence-corrected chi connectivity index (χ1v) is 7.37. The number of hydrazone groups is 1. The molecule has 0 amide bonds. The summed E-state index contributed by atoms with van der Waals surface area (Å²) >= 11 is 1.31. The fourth-order valence-electron chi connectivity index (χ4n) is 1.65. The number of nitrogens with one attached hydrogen (secondary N) is 1. The molecule has 0 aliphatic carbocycles. The van der Waals surface area contributed by atoms with Gasteiger partial charge in [-0.3, -0.25) is 10.2 Å². The molecule has 7 nitrogen and oxygen atoms in total. The molecule has 0 aliphatic rings. The van der Waals surface area contributed by atoms with Crippen LogP contribution in [0.25, 0.3) is 0 Å². The van der Waals surface area contributed by atoms with Gasteiger partial charge in [0.25, 0.3) is 0 Å². The molecule has 3 N–H and O–H groups in total. The molecule has 22 heavy (non-hydrogen) atoms. The highest BCUT2D eigenvalue weighted by Crippen LogP contribution is 2.19. The molecular formula is C14H15N3O4S. The maximum Gasteiger partial charge on any atom is 0.311 e. The predicted molar refractivity (Wildman–Crippen MR) is 83.4 cm³/mol. The van der Waals surface area contributed by atoms with Crippen LogP contribution in [0.1, 0.15) is 18.2 Å². The van der Waals surface area contributed by atoms with Crippen molar-refractivity contribution >= 4 is 28.7 Å². The van der Waals surface area contributed by atoms with Gasteiger partial charge in [0.1, 0.15) is 11.5 Å². The molecule has 0 spiro atoms. The van der Waals surface area contributed by atoms with Crippen molar-refractivity contribution in [2.75, 3.05) is 12.0 Å². The Balaban J connectivity index is 1.93. The van der Waals surface area contributed by atoms with Crippen molar-refractivity contribution < 1.29 is 19.7 Å². The molecule has 0 atom stereocenters. The maximum absolute atomic E-state index is 11.3. The number of rotatable bonds is 6. The molecule has 1 aromatic carbocycles. The lowest BCUT2D eigenvalue weighted by atomic mass is 10.2. The lowest BCUT2D eigenvalue weighted by molar-refractivity contribution is -0.142. The molecule has 0 bridgehead atoms. The van der Waals surface area contributed by atoms with Crippen molar-refractivity contribution in [3.05, 3.63) is 34.8 Å². The number of thiazole rings is 1. The summed E-state index contributed by atoms with van der Waals surface area (Å²) in [5.41, 5.74) is 3.86. The zero-order valence-electron chi connectivity index (χ0n) is 11.8. The summed E-state index contributed by atoms with van der Waals surface area (Å²) in [5.74, 6) is -0.419. The summed E-state index contributed by atoms with van der Waals surface area (Å²) in [6, 6.07) is 4.14. The zero-order valence-corrected chi connectivity index (χ0v) is 12.6. The normalized spacial score (nSPS) is 10.8. The number of hydrogen-bond acceptors (Lipinski definition) is 8. The van der Waals surface area contributed by atoms with E-state index in [4.69, 9.17) is 4.74 Å². The van der Waals surface area contributed by atoms with Crippen molar-refractivity contribution in [2.45, 2.75) is 13.3 Å². The standard InChI is InChI=1S/C14H15N3O4S/c1-2-21-13(20)5-10-8-22-14(16-10)17-15-7-9-3-11(18)6-12(19)4-9/h3-4,6-8,18-19H,2,5H2,1H3,(H,16,17). The van der Waals surface area contributed by atoms with E-state index >= 15 is 0 Å². The van der Waals surface area contributed by atoms with E-state index in [1.54, 1.807) is 12.3 Å². The van der Waals surface area contributed by atoms with Gasteiger partial charge in [0.15, 0.2) is 0 Å². The smallest absolute Gasteiger partial charge is 0.311 e. The molecule has 0 radical (unpaired) electrons. The van der Waals surface area contributed by atoms with Gasteiger partial charge < -0.3 is 14.9 Å². The number of benzene rings is 1. The molecule has 8 heteroatoms. The quantitative estimate of drug-likeness (QED) is 0.428. The number of anilines is 1. The Labute approximate surface area is 130 Å². The number of carbonyl (C=O) groups is 1. The lowest BCUT2D eigenvalue weighted by Gasteiger charge is -1.98. The van der Waals surface area contributed by atoms with Gasteiger partial charge in [0.05, 0.1) is 24.9 Å². The average molecular weight is 321 g/mol. The van der Waals surface area contributed by atoms with Crippen LogP contribution in [-0.4, -0.2) is 34.0 Å². The summed E-state index contributed by atoms with van der Waals surface area (Å²) in [6.07, 6.45) is 1.56. The number of esters is 1. The molecule has 116 valence electrons. The Morgan fingerprint density at radius 1 is 1.41 bits per heavy atom. The van der Waals surface area contributed by atoms with Crippen LogP contribution in [0.15, 0.2) is 28.7 Å². The van der Waals surface area contributed by atoms with Crippen molar-refractivity contribution in [2.24, 2.45) is 5.10 Å². The van der Waals surface area contributed by atoms with E-state index in [1.807, 2.05) is 0 Å². The predicted octanol–water partition coefficient (Wildman–Crippen LogP) is 2.11. The van der Waals surface area contributed by atoms with E-state index in [9.17, 15) is 15.0 Å². The Morgan fingerprint density at radius 3 is 2.82 bits per heavy atom. The minimum Gasteiger partial charge on any atom is -0.508 e. The van der Waals surface area contributed by atoms with Crippen molar-refractivity contribution in [1.29, 1.82) is 0 Å². The third-order valence-electron chi connectivity index (χ3n) is 2.48. The number of aromatic nitrogens is 1. The van der Waals surface area contributed by atoms with Gasteiger partial charge in [-0.05, 0) is 19.1 Å². The van der Waals surface area contributed by atoms with Crippen LogP contribution in [0.4, 0.5) is 5.13 Å². The number of phenolic OH excluding ortho intramolecular Hbond substituents is 2. The minimum atomic E-state index is -0.321. The van der Waals surface area contributed by atoms with Gasteiger partial charge in [-0.15, -0.1) is 11.3 Å². The van der Waals surface area contributed by atoms with Gasteiger partial charge in [0.2, 0.25) is 5.13 Å². The summed E-state index contributed by atoms with van der Waals surface area (Å²) < 4.78 is 4.84. The number of aromatic hydroxyl groups is 2. The van der Waals surface area contributed by atoms with Crippen LogP contribution < -0.4 is 5.43 Å². The summed E-state index contributed by atoms with van der Waals surface area (Å²) in [7, 11) is 0. The Bertz CT molecular complexity index is 664. The fraction of sp³-hybridized carbons (Fsp3) is 0.214. The first-order chi connectivity index (χ1) is 10.6. The summed E-state index contributed by atoms with van der Waals surface area (Å²) in [4.78, 5) is 15.5. The highest BCUT2D eigenvalue weighted by molar-refractivity contribution is 7.13. The largest absolute Gasteiger partial charge is 0.508 e. The second-order valence-corrected chi connectivity index (χ2v) is 5.14. The highest BCUT2D eigenvalue weighted by Gasteiger charge is 2.07. The lowest BCUT2D eigenvalue weighted by Crippen LogP contribution is -2.07.